The van der Waals surface area contributed by atoms with Crippen molar-refractivity contribution in [2.24, 2.45) is 0 Å². The van der Waals surface area contributed by atoms with Gasteiger partial charge in [0.05, 0.1) is 25.5 Å². The number of carbonyl (C=O) groups excluding carboxylic acids is 3. The Labute approximate surface area is 126 Å². The molecule has 2 rings (SSSR count). The first kappa shape index (κ1) is 16.0. The number of ketones is 2. The highest BCUT2D eigenvalue weighted by molar-refractivity contribution is 6.02. The number of fused-ring (bicyclic) bond motifs is 1. The summed E-state index contributed by atoms with van der Waals surface area (Å²) >= 11 is 0. The zero-order valence-corrected chi connectivity index (χ0v) is 12.2. The Morgan fingerprint density at radius 2 is 2.09 bits per heavy atom. The fraction of sp³-hybridized carbons (Fsp3) is 0.400. The first-order valence-corrected chi connectivity index (χ1v) is 6.61. The number of hydrogen-bond acceptors (Lipinski definition) is 7. The molecule has 1 aliphatic heterocycles. The monoisotopic (exact) mass is 308 g/mol. The van der Waals surface area contributed by atoms with E-state index in [9.17, 15) is 24.6 Å². The van der Waals surface area contributed by atoms with Gasteiger partial charge in [-0.05, 0) is 18.6 Å². The van der Waals surface area contributed by atoms with Crippen molar-refractivity contribution in [3.8, 4) is 11.5 Å². The number of esters is 1. The molecule has 0 bridgehead atoms. The third-order valence-electron chi connectivity index (χ3n) is 3.34. The summed E-state index contributed by atoms with van der Waals surface area (Å²) in [5.41, 5.74) is 0.783. The molecule has 2 N–H and O–H groups in total. The highest BCUT2D eigenvalue weighted by atomic mass is 16.6. The lowest BCUT2D eigenvalue weighted by atomic mass is 9.92. The van der Waals surface area contributed by atoms with Crippen molar-refractivity contribution in [2.75, 3.05) is 7.11 Å². The highest BCUT2D eigenvalue weighted by Gasteiger charge is 2.41. The van der Waals surface area contributed by atoms with Gasteiger partial charge in [-0.25, -0.2) is 0 Å². The SMILES string of the molecule is COC(=O)CC(=O)CC1(O)CC(=O)c2c(C)cc(O)cc2O1. The molecule has 7 heteroatoms. The summed E-state index contributed by atoms with van der Waals surface area (Å²) in [6.07, 6.45) is -1.44. The molecule has 22 heavy (non-hydrogen) atoms. The molecule has 0 amide bonds. The predicted molar refractivity (Wildman–Crippen MR) is 73.6 cm³/mol. The largest absolute Gasteiger partial charge is 0.508 e. The number of aliphatic hydroxyl groups is 1. The molecular formula is C15H16O7. The van der Waals surface area contributed by atoms with E-state index in [1.54, 1.807) is 6.92 Å². The molecule has 1 atom stereocenters. The molecule has 1 heterocycles. The van der Waals surface area contributed by atoms with E-state index in [-0.39, 0.29) is 17.1 Å². The molecule has 0 saturated heterocycles. The van der Waals surface area contributed by atoms with E-state index in [2.05, 4.69) is 4.74 Å². The van der Waals surface area contributed by atoms with Gasteiger partial charge in [0, 0.05) is 6.07 Å². The second-order valence-corrected chi connectivity index (χ2v) is 5.25. The molecule has 1 aromatic carbocycles. The number of ether oxygens (including phenoxy) is 2. The lowest BCUT2D eigenvalue weighted by Crippen LogP contribution is -2.44. The Bertz CT molecular complexity index is 650. The minimum atomic E-state index is -2.03. The van der Waals surface area contributed by atoms with E-state index in [1.807, 2.05) is 0 Å². The van der Waals surface area contributed by atoms with E-state index in [4.69, 9.17) is 4.74 Å². The van der Waals surface area contributed by atoms with Gasteiger partial charge in [0.25, 0.3) is 0 Å². The molecule has 0 spiro atoms. The fourth-order valence-electron chi connectivity index (χ4n) is 2.46. The molecular weight excluding hydrogens is 292 g/mol. The molecule has 118 valence electrons. The van der Waals surface area contributed by atoms with Crippen LogP contribution in [0.3, 0.4) is 0 Å². The standard InChI is InChI=1S/C15H16O7/c1-8-3-9(16)4-12-14(8)11(18)7-15(20,22-12)6-10(17)5-13(19)21-2/h3-4,16,20H,5-7H2,1-2H3. The summed E-state index contributed by atoms with van der Waals surface area (Å²) in [5.74, 6) is -3.87. The maximum Gasteiger partial charge on any atom is 0.313 e. The van der Waals surface area contributed by atoms with Gasteiger partial charge < -0.3 is 19.7 Å². The van der Waals surface area contributed by atoms with Crippen LogP contribution in [0.2, 0.25) is 0 Å². The topological polar surface area (TPSA) is 110 Å². The summed E-state index contributed by atoms with van der Waals surface area (Å²) in [4.78, 5) is 35.0. The number of carbonyl (C=O) groups is 3. The van der Waals surface area contributed by atoms with Crippen LogP contribution < -0.4 is 4.74 Å². The Balaban J connectivity index is 2.22. The van der Waals surface area contributed by atoms with Crippen LogP contribution in [0.25, 0.3) is 0 Å². The molecule has 0 aromatic heterocycles. The van der Waals surface area contributed by atoms with Crippen LogP contribution in [0.4, 0.5) is 0 Å². The average molecular weight is 308 g/mol. The number of Topliss-reactive ketones (excluding diaryl/α,β-unsaturated/α-hetero) is 2. The minimum Gasteiger partial charge on any atom is -0.508 e. The number of hydrogen-bond donors (Lipinski definition) is 2. The third-order valence-corrected chi connectivity index (χ3v) is 3.34. The Kier molecular flexibility index (Phi) is 4.18. The number of aryl methyl sites for hydroxylation is 1. The van der Waals surface area contributed by atoms with E-state index >= 15 is 0 Å². The second kappa shape index (κ2) is 5.76. The van der Waals surface area contributed by atoms with Crippen LogP contribution in [0.1, 0.15) is 35.2 Å². The number of phenols is 1. The molecule has 0 aliphatic carbocycles. The van der Waals surface area contributed by atoms with Crippen LogP contribution in [-0.2, 0) is 14.3 Å². The van der Waals surface area contributed by atoms with Gasteiger partial charge in [0.15, 0.2) is 11.6 Å². The first-order valence-electron chi connectivity index (χ1n) is 6.61. The van der Waals surface area contributed by atoms with Crippen molar-refractivity contribution in [1.29, 1.82) is 0 Å². The summed E-state index contributed by atoms with van der Waals surface area (Å²) in [6.45, 7) is 1.63. The van der Waals surface area contributed by atoms with Gasteiger partial charge >= 0.3 is 5.97 Å². The molecule has 7 nitrogen and oxygen atoms in total. The Morgan fingerprint density at radius 3 is 2.73 bits per heavy atom. The minimum absolute atomic E-state index is 0.0159. The molecule has 0 fully saturated rings. The summed E-state index contributed by atoms with van der Waals surface area (Å²) in [5, 5.41) is 19.9. The van der Waals surface area contributed by atoms with Gasteiger partial charge in [-0.2, -0.15) is 0 Å². The van der Waals surface area contributed by atoms with Crippen LogP contribution >= 0.6 is 0 Å². The van der Waals surface area contributed by atoms with Gasteiger partial charge in [-0.1, -0.05) is 0 Å². The summed E-state index contributed by atoms with van der Waals surface area (Å²) in [6, 6.07) is 2.61. The van der Waals surface area contributed by atoms with E-state index in [0.717, 1.165) is 7.11 Å². The molecule has 0 saturated carbocycles. The van der Waals surface area contributed by atoms with Gasteiger partial charge in [-0.3, -0.25) is 14.4 Å². The highest BCUT2D eigenvalue weighted by Crippen LogP contribution is 2.38. The van der Waals surface area contributed by atoms with Gasteiger partial charge in [0.1, 0.15) is 17.9 Å². The maximum absolute atomic E-state index is 12.2. The summed E-state index contributed by atoms with van der Waals surface area (Å²) < 4.78 is 9.71. The number of aromatic hydroxyl groups is 1. The van der Waals surface area contributed by atoms with Crippen molar-refractivity contribution >= 4 is 17.5 Å². The first-order chi connectivity index (χ1) is 10.2. The summed E-state index contributed by atoms with van der Waals surface area (Å²) in [7, 11) is 1.15. The molecule has 1 unspecified atom stereocenters. The van der Waals surface area contributed by atoms with E-state index < -0.39 is 42.6 Å². The predicted octanol–water partition coefficient (Wildman–Crippen LogP) is 0.877. The van der Waals surface area contributed by atoms with Crippen molar-refractivity contribution in [3.05, 3.63) is 23.3 Å². The van der Waals surface area contributed by atoms with Crippen LogP contribution in [0, 0.1) is 6.92 Å². The third kappa shape index (κ3) is 3.25. The van der Waals surface area contributed by atoms with Crippen LogP contribution in [-0.4, -0.2) is 40.6 Å². The Morgan fingerprint density at radius 1 is 1.41 bits per heavy atom. The van der Waals surface area contributed by atoms with Crippen LogP contribution in [0.5, 0.6) is 11.5 Å². The van der Waals surface area contributed by atoms with Crippen molar-refractivity contribution in [2.45, 2.75) is 32.0 Å². The number of rotatable bonds is 4. The van der Waals surface area contributed by atoms with E-state index in [0.29, 0.717) is 5.56 Å². The van der Waals surface area contributed by atoms with Gasteiger partial charge in [-0.15, -0.1) is 0 Å². The van der Waals surface area contributed by atoms with Crippen molar-refractivity contribution in [1.82, 2.24) is 0 Å². The van der Waals surface area contributed by atoms with Crippen LogP contribution in [0.15, 0.2) is 12.1 Å². The number of methoxy groups -OCH3 is 1. The normalized spacial score (nSPS) is 20.0. The quantitative estimate of drug-likeness (QED) is 0.627. The zero-order valence-electron chi connectivity index (χ0n) is 12.2. The number of benzene rings is 1. The lowest BCUT2D eigenvalue weighted by Gasteiger charge is -2.33. The zero-order chi connectivity index (χ0) is 16.5. The number of phenolic OH excluding ortho intramolecular Hbond substituents is 1. The second-order valence-electron chi connectivity index (χ2n) is 5.25. The van der Waals surface area contributed by atoms with Crippen molar-refractivity contribution < 1.29 is 34.1 Å². The average Bonchev–Trinajstić information content (AvgIpc) is 2.35. The van der Waals surface area contributed by atoms with Gasteiger partial charge in [0.2, 0.25) is 5.79 Å². The van der Waals surface area contributed by atoms with E-state index in [1.165, 1.54) is 12.1 Å². The van der Waals surface area contributed by atoms with Crippen molar-refractivity contribution in [3.63, 3.8) is 0 Å². The maximum atomic E-state index is 12.2. The molecule has 0 radical (unpaired) electrons. The Hall–Kier alpha value is -2.41. The lowest BCUT2D eigenvalue weighted by molar-refractivity contribution is -0.159. The fourth-order valence-corrected chi connectivity index (χ4v) is 2.46. The molecule has 1 aromatic rings. The smallest absolute Gasteiger partial charge is 0.313 e. The molecule has 1 aliphatic rings.